The van der Waals surface area contributed by atoms with Crippen LogP contribution in [0.2, 0.25) is 0 Å². The lowest BCUT2D eigenvalue weighted by Crippen LogP contribution is -2.46. The van der Waals surface area contributed by atoms with Gasteiger partial charge in [0.05, 0.1) is 18.1 Å². The standard InChI is InChI=1S/C23H31N3O5S/c1-4-16-31-21-11-6-18(17-22(21)30-5-2)23(27)24-19-7-9-20(10-8-19)32(28,29)26-14-12-25(3)13-15-26/h6-11,17H,4-5,12-16H2,1-3H3,(H,24,27). The fourth-order valence-corrected chi connectivity index (χ4v) is 4.76. The van der Waals surface area contributed by atoms with E-state index in [1.54, 1.807) is 30.3 Å². The van der Waals surface area contributed by atoms with E-state index in [0.29, 0.717) is 62.1 Å². The first kappa shape index (κ1) is 24.0. The number of hydrogen-bond donors (Lipinski definition) is 1. The molecule has 2 aromatic rings. The molecule has 2 aromatic carbocycles. The van der Waals surface area contributed by atoms with Crippen molar-refractivity contribution in [1.29, 1.82) is 0 Å². The van der Waals surface area contributed by atoms with Gasteiger partial charge in [-0.1, -0.05) is 6.92 Å². The smallest absolute Gasteiger partial charge is 0.255 e. The van der Waals surface area contributed by atoms with Crippen LogP contribution in [0.25, 0.3) is 0 Å². The fourth-order valence-electron chi connectivity index (χ4n) is 3.34. The Morgan fingerprint density at radius 2 is 1.66 bits per heavy atom. The van der Waals surface area contributed by atoms with Gasteiger partial charge in [0.2, 0.25) is 10.0 Å². The Hall–Kier alpha value is -2.62. The second-order valence-electron chi connectivity index (χ2n) is 7.63. The summed E-state index contributed by atoms with van der Waals surface area (Å²) in [6.07, 6.45) is 0.869. The number of nitrogens with one attached hydrogen (secondary N) is 1. The van der Waals surface area contributed by atoms with Crippen LogP contribution in [0.3, 0.4) is 0 Å². The topological polar surface area (TPSA) is 88.2 Å². The lowest BCUT2D eigenvalue weighted by atomic mass is 10.2. The number of amides is 1. The van der Waals surface area contributed by atoms with Crippen molar-refractivity contribution in [1.82, 2.24) is 9.21 Å². The molecule has 9 heteroatoms. The number of rotatable bonds is 9. The molecule has 0 atom stereocenters. The van der Waals surface area contributed by atoms with Gasteiger partial charge in [-0.05, 0) is 62.9 Å². The van der Waals surface area contributed by atoms with E-state index in [0.717, 1.165) is 6.42 Å². The Kier molecular flexibility index (Phi) is 8.11. The van der Waals surface area contributed by atoms with Crippen molar-refractivity contribution >= 4 is 21.6 Å². The predicted molar refractivity (Wildman–Crippen MR) is 124 cm³/mol. The molecule has 0 aliphatic carbocycles. The normalized spacial score (nSPS) is 15.3. The largest absolute Gasteiger partial charge is 0.490 e. The molecule has 3 rings (SSSR count). The lowest BCUT2D eigenvalue weighted by Gasteiger charge is -2.31. The molecule has 1 saturated heterocycles. The highest BCUT2D eigenvalue weighted by Gasteiger charge is 2.27. The first-order valence-corrected chi connectivity index (χ1v) is 12.3. The van der Waals surface area contributed by atoms with Crippen molar-refractivity contribution in [3.8, 4) is 11.5 Å². The highest BCUT2D eigenvalue weighted by atomic mass is 32.2. The summed E-state index contributed by atoms with van der Waals surface area (Å²) in [5, 5.41) is 2.80. The summed E-state index contributed by atoms with van der Waals surface area (Å²) in [4.78, 5) is 15.0. The van der Waals surface area contributed by atoms with E-state index in [2.05, 4.69) is 10.2 Å². The van der Waals surface area contributed by atoms with E-state index in [1.165, 1.54) is 16.4 Å². The van der Waals surface area contributed by atoms with Crippen LogP contribution >= 0.6 is 0 Å². The molecule has 1 aliphatic rings. The van der Waals surface area contributed by atoms with Gasteiger partial charge in [-0.2, -0.15) is 4.31 Å². The van der Waals surface area contributed by atoms with Crippen LogP contribution in [0.1, 0.15) is 30.6 Å². The number of piperazine rings is 1. The summed E-state index contributed by atoms with van der Waals surface area (Å²) in [6.45, 7) is 7.26. The molecule has 1 N–H and O–H groups in total. The van der Waals surface area contributed by atoms with E-state index in [1.807, 2.05) is 20.9 Å². The minimum Gasteiger partial charge on any atom is -0.490 e. The number of carbonyl (C=O) groups excluding carboxylic acids is 1. The van der Waals surface area contributed by atoms with Crippen LogP contribution < -0.4 is 14.8 Å². The Morgan fingerprint density at radius 1 is 0.969 bits per heavy atom. The Morgan fingerprint density at radius 3 is 2.28 bits per heavy atom. The maximum absolute atomic E-state index is 12.8. The van der Waals surface area contributed by atoms with Crippen LogP contribution in [0, 0.1) is 0 Å². The zero-order valence-electron chi connectivity index (χ0n) is 18.8. The molecule has 0 aromatic heterocycles. The monoisotopic (exact) mass is 461 g/mol. The first-order chi connectivity index (χ1) is 15.3. The summed E-state index contributed by atoms with van der Waals surface area (Å²) in [5.41, 5.74) is 0.933. The average molecular weight is 462 g/mol. The van der Waals surface area contributed by atoms with E-state index in [-0.39, 0.29) is 10.8 Å². The van der Waals surface area contributed by atoms with Crippen molar-refractivity contribution in [2.75, 3.05) is 51.8 Å². The zero-order valence-corrected chi connectivity index (χ0v) is 19.7. The molecule has 1 amide bonds. The number of benzene rings is 2. The van der Waals surface area contributed by atoms with E-state index < -0.39 is 10.0 Å². The third kappa shape index (κ3) is 5.79. The molecule has 1 aliphatic heterocycles. The molecular formula is C23H31N3O5S. The fraction of sp³-hybridized carbons (Fsp3) is 0.435. The van der Waals surface area contributed by atoms with Gasteiger partial charge in [-0.15, -0.1) is 0 Å². The molecule has 174 valence electrons. The number of likely N-dealkylation sites (N-methyl/N-ethyl adjacent to an activating group) is 1. The van der Waals surface area contributed by atoms with Crippen LogP contribution in [-0.2, 0) is 10.0 Å². The summed E-state index contributed by atoms with van der Waals surface area (Å²) in [7, 11) is -1.57. The van der Waals surface area contributed by atoms with E-state index in [4.69, 9.17) is 9.47 Å². The molecule has 8 nitrogen and oxygen atoms in total. The highest BCUT2D eigenvalue weighted by Crippen LogP contribution is 2.29. The zero-order chi connectivity index (χ0) is 23.1. The van der Waals surface area contributed by atoms with Crippen molar-refractivity contribution in [3.05, 3.63) is 48.0 Å². The summed E-state index contributed by atoms with van der Waals surface area (Å²) < 4.78 is 38.5. The number of sulfonamides is 1. The molecular weight excluding hydrogens is 430 g/mol. The average Bonchev–Trinajstić information content (AvgIpc) is 2.79. The lowest BCUT2D eigenvalue weighted by molar-refractivity contribution is 0.102. The maximum atomic E-state index is 12.8. The highest BCUT2D eigenvalue weighted by molar-refractivity contribution is 7.89. The minimum absolute atomic E-state index is 0.219. The van der Waals surface area contributed by atoms with Gasteiger partial charge < -0.3 is 19.7 Å². The third-order valence-corrected chi connectivity index (χ3v) is 7.09. The van der Waals surface area contributed by atoms with Crippen LogP contribution in [0.4, 0.5) is 5.69 Å². The summed E-state index contributed by atoms with van der Waals surface area (Å²) >= 11 is 0. The van der Waals surface area contributed by atoms with Crippen LogP contribution in [0.15, 0.2) is 47.4 Å². The van der Waals surface area contributed by atoms with Gasteiger partial charge in [0, 0.05) is 37.4 Å². The molecule has 1 fully saturated rings. The molecule has 0 unspecified atom stereocenters. The number of nitrogens with zero attached hydrogens (tertiary/aromatic N) is 2. The van der Waals surface area contributed by atoms with Gasteiger partial charge in [-0.3, -0.25) is 4.79 Å². The van der Waals surface area contributed by atoms with Gasteiger partial charge in [-0.25, -0.2) is 8.42 Å². The van der Waals surface area contributed by atoms with Gasteiger partial charge in [0.1, 0.15) is 0 Å². The van der Waals surface area contributed by atoms with Crippen LogP contribution in [0.5, 0.6) is 11.5 Å². The maximum Gasteiger partial charge on any atom is 0.255 e. The van der Waals surface area contributed by atoms with Gasteiger partial charge in [0.25, 0.3) is 5.91 Å². The second-order valence-corrected chi connectivity index (χ2v) is 9.57. The molecule has 32 heavy (non-hydrogen) atoms. The van der Waals surface area contributed by atoms with Crippen molar-refractivity contribution in [2.24, 2.45) is 0 Å². The predicted octanol–water partition coefficient (Wildman–Crippen LogP) is 3.06. The van der Waals surface area contributed by atoms with Gasteiger partial charge in [0.15, 0.2) is 11.5 Å². The van der Waals surface area contributed by atoms with Crippen LogP contribution in [-0.4, -0.2) is 70.0 Å². The first-order valence-electron chi connectivity index (χ1n) is 10.8. The molecule has 0 radical (unpaired) electrons. The Bertz CT molecular complexity index is 1020. The minimum atomic E-state index is -3.54. The van der Waals surface area contributed by atoms with E-state index in [9.17, 15) is 13.2 Å². The Labute approximate surface area is 190 Å². The summed E-state index contributed by atoms with van der Waals surface area (Å²) in [6, 6.07) is 11.3. The number of anilines is 1. The van der Waals surface area contributed by atoms with Crippen molar-refractivity contribution in [2.45, 2.75) is 25.2 Å². The quantitative estimate of drug-likeness (QED) is 0.618. The number of carbonyl (C=O) groups is 1. The van der Waals surface area contributed by atoms with Gasteiger partial charge >= 0.3 is 0 Å². The second kappa shape index (κ2) is 10.8. The number of hydrogen-bond acceptors (Lipinski definition) is 6. The van der Waals surface area contributed by atoms with E-state index >= 15 is 0 Å². The Balaban J connectivity index is 1.70. The van der Waals surface area contributed by atoms with Crippen molar-refractivity contribution in [3.63, 3.8) is 0 Å². The SMILES string of the molecule is CCCOc1ccc(C(=O)Nc2ccc(S(=O)(=O)N3CCN(C)CC3)cc2)cc1OCC. The summed E-state index contributed by atoms with van der Waals surface area (Å²) in [5.74, 6) is 0.800. The molecule has 0 bridgehead atoms. The molecule has 0 spiro atoms. The number of ether oxygens (including phenoxy) is 2. The molecule has 0 saturated carbocycles. The van der Waals surface area contributed by atoms with Crippen molar-refractivity contribution < 1.29 is 22.7 Å². The molecule has 1 heterocycles. The third-order valence-electron chi connectivity index (χ3n) is 5.18.